The third-order valence-electron chi connectivity index (χ3n) is 4.39. The van der Waals surface area contributed by atoms with Crippen LogP contribution in [0.3, 0.4) is 0 Å². The number of hydrogen-bond donors (Lipinski definition) is 1. The standard InChI is InChI=1S/C20H27NO6/c1-4-7-8-9-14(12-17(22)23)18-15(27-20(24)21(5-2)6-3)10-11-16-19(18)26-13-25-16/h10-12H,4-9,13H2,1-3H3,(H,22,23)/b14-12+. The van der Waals surface area contributed by atoms with Crippen LogP contribution in [0.5, 0.6) is 17.2 Å². The minimum absolute atomic E-state index is 0.0467. The molecule has 1 aromatic carbocycles. The molecule has 0 fully saturated rings. The Morgan fingerprint density at radius 2 is 1.93 bits per heavy atom. The molecule has 1 aliphatic rings. The van der Waals surface area contributed by atoms with Crippen LogP contribution in [-0.4, -0.2) is 42.0 Å². The van der Waals surface area contributed by atoms with Gasteiger partial charge < -0.3 is 24.2 Å². The maximum Gasteiger partial charge on any atom is 0.415 e. The molecule has 0 aromatic heterocycles. The quantitative estimate of drug-likeness (QED) is 0.510. The van der Waals surface area contributed by atoms with Crippen LogP contribution < -0.4 is 14.2 Å². The minimum atomic E-state index is -1.06. The van der Waals surface area contributed by atoms with Gasteiger partial charge in [0.15, 0.2) is 11.5 Å². The van der Waals surface area contributed by atoms with Crippen molar-refractivity contribution in [3.05, 3.63) is 23.8 Å². The number of rotatable bonds is 9. The van der Waals surface area contributed by atoms with Crippen LogP contribution in [0.1, 0.15) is 52.0 Å². The van der Waals surface area contributed by atoms with E-state index in [0.717, 1.165) is 25.3 Å². The number of fused-ring (bicyclic) bond motifs is 1. The number of carboxylic acid groups (broad SMARTS) is 1. The van der Waals surface area contributed by atoms with Gasteiger partial charge in [0.1, 0.15) is 5.75 Å². The molecule has 0 aliphatic carbocycles. The highest BCUT2D eigenvalue weighted by Crippen LogP contribution is 2.45. The third-order valence-corrected chi connectivity index (χ3v) is 4.39. The van der Waals surface area contributed by atoms with Crippen LogP contribution >= 0.6 is 0 Å². The van der Waals surface area contributed by atoms with Gasteiger partial charge in [-0.2, -0.15) is 0 Å². The summed E-state index contributed by atoms with van der Waals surface area (Å²) in [5.74, 6) is 0.155. The van der Waals surface area contributed by atoms with E-state index in [1.54, 1.807) is 17.0 Å². The maximum atomic E-state index is 12.4. The molecule has 2 rings (SSSR count). The first-order valence-electron chi connectivity index (χ1n) is 9.34. The van der Waals surface area contributed by atoms with Crippen molar-refractivity contribution in [2.75, 3.05) is 19.9 Å². The Bertz CT molecular complexity index is 709. The number of allylic oxidation sites excluding steroid dienone is 1. The highest BCUT2D eigenvalue weighted by Gasteiger charge is 2.26. The number of carbonyl (C=O) groups excluding carboxylic acids is 1. The van der Waals surface area contributed by atoms with Gasteiger partial charge in [-0.05, 0) is 44.4 Å². The first kappa shape index (κ1) is 20.6. The summed E-state index contributed by atoms with van der Waals surface area (Å²) in [6.45, 7) is 6.89. The Balaban J connectivity index is 2.46. The van der Waals surface area contributed by atoms with E-state index in [9.17, 15) is 14.7 Å². The molecule has 0 bridgehead atoms. The van der Waals surface area contributed by atoms with Crippen LogP contribution in [0.2, 0.25) is 0 Å². The average molecular weight is 377 g/mol. The predicted molar refractivity (Wildman–Crippen MR) is 101 cm³/mol. The van der Waals surface area contributed by atoms with E-state index in [4.69, 9.17) is 14.2 Å². The van der Waals surface area contributed by atoms with Crippen molar-refractivity contribution in [1.82, 2.24) is 4.90 Å². The fraction of sp³-hybridized carbons (Fsp3) is 0.500. The van der Waals surface area contributed by atoms with Gasteiger partial charge in [0.2, 0.25) is 6.79 Å². The van der Waals surface area contributed by atoms with Crippen molar-refractivity contribution in [3.63, 3.8) is 0 Å². The van der Waals surface area contributed by atoms with Gasteiger partial charge in [0.05, 0.1) is 5.56 Å². The Morgan fingerprint density at radius 3 is 2.56 bits per heavy atom. The lowest BCUT2D eigenvalue weighted by atomic mass is 9.97. The monoisotopic (exact) mass is 377 g/mol. The second-order valence-corrected chi connectivity index (χ2v) is 6.18. The fourth-order valence-corrected chi connectivity index (χ4v) is 2.97. The molecule has 1 aromatic rings. The largest absolute Gasteiger partial charge is 0.478 e. The smallest absolute Gasteiger partial charge is 0.415 e. The molecule has 1 N–H and O–H groups in total. The lowest BCUT2D eigenvalue weighted by Gasteiger charge is -2.20. The number of ether oxygens (including phenoxy) is 3. The average Bonchev–Trinajstić information content (AvgIpc) is 3.10. The Morgan fingerprint density at radius 1 is 1.19 bits per heavy atom. The topological polar surface area (TPSA) is 85.3 Å². The molecule has 1 aliphatic heterocycles. The number of unbranched alkanes of at least 4 members (excludes halogenated alkanes) is 2. The number of aliphatic carboxylic acids is 1. The highest BCUT2D eigenvalue weighted by atomic mass is 16.7. The SMILES string of the molecule is CCCCC/C(=C\C(=O)O)c1c(OC(=O)N(CC)CC)ccc2c1OCO2. The molecule has 0 atom stereocenters. The van der Waals surface area contributed by atoms with Crippen LogP contribution in [0, 0.1) is 0 Å². The molecular formula is C20H27NO6. The zero-order chi connectivity index (χ0) is 19.8. The molecule has 0 saturated carbocycles. The highest BCUT2D eigenvalue weighted by molar-refractivity contribution is 5.93. The summed E-state index contributed by atoms with van der Waals surface area (Å²) in [5.41, 5.74) is 1.03. The molecule has 27 heavy (non-hydrogen) atoms. The summed E-state index contributed by atoms with van der Waals surface area (Å²) < 4.78 is 16.6. The zero-order valence-corrected chi connectivity index (χ0v) is 16.1. The summed E-state index contributed by atoms with van der Waals surface area (Å²) in [6.07, 6.45) is 4.01. The van der Waals surface area contributed by atoms with E-state index >= 15 is 0 Å². The van der Waals surface area contributed by atoms with E-state index in [1.165, 1.54) is 0 Å². The first-order valence-corrected chi connectivity index (χ1v) is 9.34. The molecule has 0 unspecified atom stereocenters. The van der Waals surface area contributed by atoms with Crippen molar-refractivity contribution in [1.29, 1.82) is 0 Å². The van der Waals surface area contributed by atoms with Crippen molar-refractivity contribution in [2.45, 2.75) is 46.5 Å². The van der Waals surface area contributed by atoms with Gasteiger partial charge in [-0.3, -0.25) is 0 Å². The molecule has 7 nitrogen and oxygen atoms in total. The summed E-state index contributed by atoms with van der Waals surface area (Å²) in [7, 11) is 0. The summed E-state index contributed by atoms with van der Waals surface area (Å²) in [4.78, 5) is 25.4. The van der Waals surface area contributed by atoms with Crippen molar-refractivity contribution >= 4 is 17.6 Å². The molecule has 1 heterocycles. The van der Waals surface area contributed by atoms with Gasteiger partial charge in [-0.15, -0.1) is 0 Å². The molecular weight excluding hydrogens is 350 g/mol. The summed E-state index contributed by atoms with van der Waals surface area (Å²) >= 11 is 0. The van der Waals surface area contributed by atoms with Gasteiger partial charge in [0, 0.05) is 19.2 Å². The number of hydrogen-bond acceptors (Lipinski definition) is 5. The van der Waals surface area contributed by atoms with Crippen LogP contribution in [-0.2, 0) is 4.79 Å². The fourth-order valence-electron chi connectivity index (χ4n) is 2.97. The van der Waals surface area contributed by atoms with Crippen molar-refractivity contribution < 1.29 is 28.9 Å². The van der Waals surface area contributed by atoms with Crippen molar-refractivity contribution in [2.24, 2.45) is 0 Å². The van der Waals surface area contributed by atoms with Gasteiger partial charge in [0.25, 0.3) is 0 Å². The number of benzene rings is 1. The Hall–Kier alpha value is -2.70. The molecule has 1 amide bonds. The molecule has 0 radical (unpaired) electrons. The van der Waals surface area contributed by atoms with E-state index in [1.807, 2.05) is 13.8 Å². The van der Waals surface area contributed by atoms with Gasteiger partial charge in [-0.25, -0.2) is 9.59 Å². The Kier molecular flexibility index (Phi) is 7.52. The van der Waals surface area contributed by atoms with E-state index < -0.39 is 12.1 Å². The molecule has 0 saturated heterocycles. The number of amides is 1. The second-order valence-electron chi connectivity index (χ2n) is 6.18. The molecule has 148 valence electrons. The van der Waals surface area contributed by atoms with E-state index in [0.29, 0.717) is 42.1 Å². The molecule has 7 heteroatoms. The molecule has 0 spiro atoms. The van der Waals surface area contributed by atoms with Gasteiger partial charge in [-0.1, -0.05) is 19.8 Å². The third kappa shape index (κ3) is 5.15. The number of carboxylic acids is 1. The van der Waals surface area contributed by atoms with Crippen LogP contribution in [0.25, 0.3) is 5.57 Å². The second kappa shape index (κ2) is 9.85. The predicted octanol–water partition coefficient (Wildman–Crippen LogP) is 4.30. The lowest BCUT2D eigenvalue weighted by Crippen LogP contribution is -2.33. The van der Waals surface area contributed by atoms with Crippen LogP contribution in [0.15, 0.2) is 18.2 Å². The lowest BCUT2D eigenvalue weighted by molar-refractivity contribution is -0.131. The first-order chi connectivity index (χ1) is 13.0. The van der Waals surface area contributed by atoms with Crippen molar-refractivity contribution in [3.8, 4) is 17.2 Å². The number of nitrogens with zero attached hydrogens (tertiary/aromatic N) is 1. The summed E-state index contributed by atoms with van der Waals surface area (Å²) in [6, 6.07) is 3.29. The zero-order valence-electron chi connectivity index (χ0n) is 16.1. The maximum absolute atomic E-state index is 12.4. The van der Waals surface area contributed by atoms with Crippen LogP contribution in [0.4, 0.5) is 4.79 Å². The minimum Gasteiger partial charge on any atom is -0.478 e. The Labute approximate surface area is 159 Å². The van der Waals surface area contributed by atoms with E-state index in [2.05, 4.69) is 6.92 Å². The number of carbonyl (C=O) groups is 2. The van der Waals surface area contributed by atoms with E-state index in [-0.39, 0.29) is 12.5 Å². The van der Waals surface area contributed by atoms with Gasteiger partial charge >= 0.3 is 12.1 Å². The normalized spacial score (nSPS) is 12.8. The summed E-state index contributed by atoms with van der Waals surface area (Å²) in [5, 5.41) is 9.32.